The van der Waals surface area contributed by atoms with E-state index in [-0.39, 0.29) is 10.8 Å². The number of nitrogens with zero attached hydrogens (tertiary/aromatic N) is 4. The fraction of sp³-hybridized carbons (Fsp3) is 0.0667. The molecule has 186 valence electrons. The highest BCUT2D eigenvalue weighted by molar-refractivity contribution is 7.17. The Morgan fingerprint density at radius 1 is 0.947 bits per heavy atom. The minimum Gasteiger partial charge on any atom is -0.477 e. The third-order valence-corrected chi connectivity index (χ3v) is 7.22. The van der Waals surface area contributed by atoms with E-state index in [4.69, 9.17) is 5.26 Å². The molecular weight excluding hydrogens is 496 g/mol. The minimum atomic E-state index is -0.949. The molecule has 0 aliphatic carbocycles. The number of thiophene rings is 1. The summed E-state index contributed by atoms with van der Waals surface area (Å²) in [4.78, 5) is 32.1. The number of hydrogen-bond donors (Lipinski definition) is 1. The number of aromatic carboxylic acids is 1. The van der Waals surface area contributed by atoms with Crippen LogP contribution in [0.3, 0.4) is 0 Å². The van der Waals surface area contributed by atoms with Crippen molar-refractivity contribution in [3.05, 3.63) is 131 Å². The first kappa shape index (κ1) is 24.7. The number of carboxylic acids is 1. The number of carboxylic acid groups (broad SMARTS) is 1. The lowest BCUT2D eigenvalue weighted by atomic mass is 10.1. The molecule has 0 bridgehead atoms. The number of benzene rings is 3. The molecule has 7 nitrogen and oxygen atoms in total. The molecule has 8 heteroatoms. The molecule has 0 unspecified atom stereocenters. The van der Waals surface area contributed by atoms with Crippen molar-refractivity contribution in [2.45, 2.75) is 13.1 Å². The summed E-state index contributed by atoms with van der Waals surface area (Å²) >= 11 is 1.21. The molecule has 0 radical (unpaired) electrons. The van der Waals surface area contributed by atoms with E-state index in [2.05, 4.69) is 11.1 Å². The fourth-order valence-electron chi connectivity index (χ4n) is 4.10. The van der Waals surface area contributed by atoms with Gasteiger partial charge in [0.25, 0.3) is 5.91 Å². The first-order chi connectivity index (χ1) is 18.5. The van der Waals surface area contributed by atoms with Crippen molar-refractivity contribution < 1.29 is 14.7 Å². The Balaban J connectivity index is 1.44. The van der Waals surface area contributed by atoms with Crippen LogP contribution < -0.4 is 4.90 Å². The van der Waals surface area contributed by atoms with Gasteiger partial charge in [0.2, 0.25) is 0 Å². The molecule has 38 heavy (non-hydrogen) atoms. The zero-order chi connectivity index (χ0) is 26.5. The predicted octanol–water partition coefficient (Wildman–Crippen LogP) is 6.08. The number of rotatable bonds is 8. The number of carbonyl (C=O) groups is 2. The zero-order valence-electron chi connectivity index (χ0n) is 20.2. The first-order valence-corrected chi connectivity index (χ1v) is 12.6. The van der Waals surface area contributed by atoms with Crippen LogP contribution in [0.25, 0.3) is 10.4 Å². The van der Waals surface area contributed by atoms with Gasteiger partial charge in [-0.3, -0.25) is 4.79 Å². The number of nitriles is 1. The maximum Gasteiger partial charge on any atom is 0.345 e. The second-order valence-electron chi connectivity index (χ2n) is 8.59. The van der Waals surface area contributed by atoms with E-state index in [0.29, 0.717) is 29.9 Å². The van der Waals surface area contributed by atoms with Crippen molar-refractivity contribution in [2.75, 3.05) is 4.90 Å². The highest BCUT2D eigenvalue weighted by atomic mass is 32.1. The van der Waals surface area contributed by atoms with Gasteiger partial charge >= 0.3 is 5.97 Å². The van der Waals surface area contributed by atoms with Crippen LogP contribution in [-0.2, 0) is 13.1 Å². The Hall–Kier alpha value is -5.00. The van der Waals surface area contributed by atoms with E-state index >= 15 is 0 Å². The number of aromatic nitrogens is 2. The number of hydrogen-bond acceptors (Lipinski definition) is 5. The van der Waals surface area contributed by atoms with E-state index in [0.717, 1.165) is 21.7 Å². The summed E-state index contributed by atoms with van der Waals surface area (Å²) < 4.78 is 1.99. The molecule has 0 aliphatic heterocycles. The SMILES string of the molecule is N#Cc1ccc(Cn2cncc2CN(C(=O)c2ccccc2)c2ccc(-c3ccc(C(=O)O)s3)cc2)cc1. The summed E-state index contributed by atoms with van der Waals surface area (Å²) in [6, 6.07) is 29.6. The largest absolute Gasteiger partial charge is 0.477 e. The summed E-state index contributed by atoms with van der Waals surface area (Å²) in [5.74, 6) is -1.09. The summed E-state index contributed by atoms with van der Waals surface area (Å²) in [7, 11) is 0. The van der Waals surface area contributed by atoms with E-state index in [1.165, 1.54) is 11.3 Å². The Kier molecular flexibility index (Phi) is 7.11. The van der Waals surface area contributed by atoms with Crippen LogP contribution in [0.4, 0.5) is 5.69 Å². The molecule has 3 aromatic carbocycles. The van der Waals surface area contributed by atoms with Gasteiger partial charge in [0.05, 0.1) is 30.2 Å². The van der Waals surface area contributed by atoms with Gasteiger partial charge in [-0.15, -0.1) is 11.3 Å². The standard InChI is InChI=1S/C30H22N4O3S/c31-16-21-6-8-22(9-7-21)18-33-20-32-17-26(33)19-34(29(35)24-4-2-1-3-5-24)25-12-10-23(11-13-25)27-14-15-28(38-27)30(36)37/h1-15,17,20H,18-19H2,(H,36,37). The molecule has 0 saturated heterocycles. The summed E-state index contributed by atoms with van der Waals surface area (Å²) in [6.07, 6.45) is 3.49. The predicted molar refractivity (Wildman–Crippen MR) is 146 cm³/mol. The highest BCUT2D eigenvalue weighted by Crippen LogP contribution is 2.30. The van der Waals surface area contributed by atoms with E-state index < -0.39 is 5.97 Å². The molecule has 0 atom stereocenters. The van der Waals surface area contributed by atoms with Gasteiger partial charge in [0.15, 0.2) is 0 Å². The topological polar surface area (TPSA) is 99.2 Å². The third kappa shape index (κ3) is 5.38. The Morgan fingerprint density at radius 3 is 2.34 bits per heavy atom. The number of amides is 1. The molecule has 1 N–H and O–H groups in total. The molecule has 1 amide bonds. The monoisotopic (exact) mass is 518 g/mol. The Morgan fingerprint density at radius 2 is 1.68 bits per heavy atom. The van der Waals surface area contributed by atoms with Gasteiger partial charge in [-0.25, -0.2) is 9.78 Å². The summed E-state index contributed by atoms with van der Waals surface area (Å²) in [6.45, 7) is 0.850. The normalized spacial score (nSPS) is 10.6. The van der Waals surface area contributed by atoms with Gasteiger partial charge < -0.3 is 14.6 Å². The molecule has 5 aromatic rings. The molecule has 2 heterocycles. The average Bonchev–Trinajstić information content (AvgIpc) is 3.63. The van der Waals surface area contributed by atoms with Crippen LogP contribution >= 0.6 is 11.3 Å². The van der Waals surface area contributed by atoms with Crippen LogP contribution in [0.15, 0.2) is 104 Å². The van der Waals surface area contributed by atoms with Crippen LogP contribution in [0.2, 0.25) is 0 Å². The number of carbonyl (C=O) groups excluding carboxylic acids is 1. The van der Waals surface area contributed by atoms with Crippen LogP contribution in [0, 0.1) is 11.3 Å². The maximum absolute atomic E-state index is 13.6. The lowest BCUT2D eigenvalue weighted by molar-refractivity contribution is 0.0702. The van der Waals surface area contributed by atoms with Gasteiger partial charge in [-0.1, -0.05) is 42.5 Å². The smallest absolute Gasteiger partial charge is 0.345 e. The van der Waals surface area contributed by atoms with E-state index in [1.807, 2.05) is 59.2 Å². The molecular formula is C30H22N4O3S. The van der Waals surface area contributed by atoms with Gasteiger partial charge in [0, 0.05) is 28.9 Å². The van der Waals surface area contributed by atoms with E-state index in [1.54, 1.807) is 53.8 Å². The third-order valence-electron chi connectivity index (χ3n) is 6.10. The van der Waals surface area contributed by atoms with Gasteiger partial charge in [-0.05, 0) is 59.7 Å². The second-order valence-corrected chi connectivity index (χ2v) is 9.68. The second kappa shape index (κ2) is 10.9. The van der Waals surface area contributed by atoms with Crippen molar-refractivity contribution in [3.63, 3.8) is 0 Å². The van der Waals surface area contributed by atoms with Crippen molar-refractivity contribution >= 4 is 28.9 Å². The molecule has 5 rings (SSSR count). The number of imidazole rings is 1. The average molecular weight is 519 g/mol. The lowest BCUT2D eigenvalue weighted by Gasteiger charge is -2.24. The molecule has 0 spiro atoms. The molecule has 0 aliphatic rings. The lowest BCUT2D eigenvalue weighted by Crippen LogP contribution is -2.31. The molecule has 2 aromatic heterocycles. The van der Waals surface area contributed by atoms with Crippen LogP contribution in [0.5, 0.6) is 0 Å². The fourth-order valence-corrected chi connectivity index (χ4v) is 4.95. The zero-order valence-corrected chi connectivity index (χ0v) is 21.0. The Bertz CT molecular complexity index is 1610. The summed E-state index contributed by atoms with van der Waals surface area (Å²) in [5.41, 5.74) is 4.63. The first-order valence-electron chi connectivity index (χ1n) is 11.8. The highest BCUT2D eigenvalue weighted by Gasteiger charge is 2.20. The van der Waals surface area contributed by atoms with Crippen molar-refractivity contribution in [3.8, 4) is 16.5 Å². The Labute approximate surface area is 223 Å². The van der Waals surface area contributed by atoms with Crippen molar-refractivity contribution in [2.24, 2.45) is 0 Å². The minimum absolute atomic E-state index is 0.145. The van der Waals surface area contributed by atoms with Crippen molar-refractivity contribution in [1.82, 2.24) is 9.55 Å². The quantitative estimate of drug-likeness (QED) is 0.269. The van der Waals surface area contributed by atoms with Gasteiger partial charge in [-0.2, -0.15) is 5.26 Å². The van der Waals surface area contributed by atoms with Crippen LogP contribution in [-0.4, -0.2) is 26.5 Å². The number of anilines is 1. The molecule has 0 saturated carbocycles. The summed E-state index contributed by atoms with van der Waals surface area (Å²) in [5, 5.41) is 18.3. The van der Waals surface area contributed by atoms with Crippen LogP contribution in [0.1, 0.15) is 36.9 Å². The maximum atomic E-state index is 13.6. The van der Waals surface area contributed by atoms with Gasteiger partial charge in [0.1, 0.15) is 4.88 Å². The van der Waals surface area contributed by atoms with E-state index in [9.17, 15) is 14.7 Å². The molecule has 0 fully saturated rings. The van der Waals surface area contributed by atoms with Crippen molar-refractivity contribution in [1.29, 1.82) is 5.26 Å².